The Balaban J connectivity index is 1.72. The van der Waals surface area contributed by atoms with Gasteiger partial charge in [0.1, 0.15) is 11.8 Å². The third-order valence-corrected chi connectivity index (χ3v) is 5.65. The molecular formula is C24H13Cl2NO3. The second kappa shape index (κ2) is 7.17. The summed E-state index contributed by atoms with van der Waals surface area (Å²) in [5.41, 5.74) is 2.69. The van der Waals surface area contributed by atoms with E-state index in [1.807, 2.05) is 24.3 Å². The van der Waals surface area contributed by atoms with Crippen molar-refractivity contribution < 1.29 is 9.21 Å². The average Bonchev–Trinajstić information content (AvgIpc) is 3.02. The van der Waals surface area contributed by atoms with Crippen LogP contribution < -0.4 is 10.3 Å². The van der Waals surface area contributed by atoms with Crippen molar-refractivity contribution >= 4 is 63.1 Å². The highest BCUT2D eigenvalue weighted by Gasteiger charge is 2.35. The van der Waals surface area contributed by atoms with Crippen LogP contribution in [0.2, 0.25) is 10.0 Å². The summed E-state index contributed by atoms with van der Waals surface area (Å²) in [5.74, 6) is -0.321. The maximum absolute atomic E-state index is 13.5. The number of hydrogen-bond donors (Lipinski definition) is 0. The van der Waals surface area contributed by atoms with Gasteiger partial charge in [-0.15, -0.1) is 0 Å². The van der Waals surface area contributed by atoms with Crippen molar-refractivity contribution in [2.45, 2.75) is 0 Å². The third-order valence-electron chi connectivity index (χ3n) is 5.04. The van der Waals surface area contributed by atoms with Gasteiger partial charge in [-0.3, -0.25) is 14.5 Å². The zero-order chi connectivity index (χ0) is 20.8. The van der Waals surface area contributed by atoms with Crippen LogP contribution in [0.5, 0.6) is 0 Å². The van der Waals surface area contributed by atoms with Crippen LogP contribution in [0, 0.1) is 0 Å². The van der Waals surface area contributed by atoms with Crippen molar-refractivity contribution in [1.82, 2.24) is 0 Å². The SMILES string of the molecule is O=C1/C(=C/c2coc3ccccc3c2=O)c2ccccc2N1c1c(Cl)cccc1Cl. The van der Waals surface area contributed by atoms with Crippen LogP contribution in [-0.2, 0) is 4.79 Å². The van der Waals surface area contributed by atoms with Gasteiger partial charge in [0, 0.05) is 5.56 Å². The van der Waals surface area contributed by atoms with Crippen molar-refractivity contribution in [1.29, 1.82) is 0 Å². The number of halogens is 2. The van der Waals surface area contributed by atoms with E-state index in [4.69, 9.17) is 27.6 Å². The van der Waals surface area contributed by atoms with Crippen LogP contribution in [0.15, 0.2) is 82.2 Å². The van der Waals surface area contributed by atoms with E-state index in [0.29, 0.717) is 49.1 Å². The number of carbonyl (C=O) groups is 1. The lowest BCUT2D eigenvalue weighted by atomic mass is 10.0. The second-order valence-corrected chi connectivity index (χ2v) is 7.62. The first kappa shape index (κ1) is 18.7. The summed E-state index contributed by atoms with van der Waals surface area (Å²) in [5, 5.41) is 1.17. The summed E-state index contributed by atoms with van der Waals surface area (Å²) in [6, 6.07) is 19.4. The van der Waals surface area contributed by atoms with E-state index >= 15 is 0 Å². The summed E-state index contributed by atoms with van der Waals surface area (Å²) in [6.07, 6.45) is 2.93. The average molecular weight is 434 g/mol. The van der Waals surface area contributed by atoms with E-state index < -0.39 is 0 Å². The van der Waals surface area contributed by atoms with Gasteiger partial charge in [-0.1, -0.05) is 59.6 Å². The van der Waals surface area contributed by atoms with Crippen LogP contribution in [0.25, 0.3) is 22.6 Å². The molecule has 0 saturated carbocycles. The first-order valence-electron chi connectivity index (χ1n) is 9.16. The quantitative estimate of drug-likeness (QED) is 0.347. The first-order chi connectivity index (χ1) is 14.6. The summed E-state index contributed by atoms with van der Waals surface area (Å²) in [6.45, 7) is 0. The van der Waals surface area contributed by atoms with Gasteiger partial charge in [-0.2, -0.15) is 0 Å². The number of para-hydroxylation sites is 3. The highest BCUT2D eigenvalue weighted by molar-refractivity contribution is 6.44. The molecule has 1 aliphatic rings. The van der Waals surface area contributed by atoms with Crippen molar-refractivity contribution in [2.24, 2.45) is 0 Å². The summed E-state index contributed by atoms with van der Waals surface area (Å²) in [7, 11) is 0. The number of anilines is 2. The van der Waals surface area contributed by atoms with Gasteiger partial charge in [-0.25, -0.2) is 0 Å². The molecule has 0 N–H and O–H groups in total. The van der Waals surface area contributed by atoms with Gasteiger partial charge in [-0.05, 0) is 36.4 Å². The Bertz CT molecular complexity index is 1400. The predicted octanol–water partition coefficient (Wildman–Crippen LogP) is 6.32. The lowest BCUT2D eigenvalue weighted by Gasteiger charge is -2.20. The highest BCUT2D eigenvalue weighted by atomic mass is 35.5. The number of hydrogen-bond acceptors (Lipinski definition) is 3. The van der Waals surface area contributed by atoms with Crippen molar-refractivity contribution in [3.05, 3.63) is 104 Å². The van der Waals surface area contributed by atoms with E-state index in [-0.39, 0.29) is 11.3 Å². The minimum absolute atomic E-state index is 0.205. The fourth-order valence-electron chi connectivity index (χ4n) is 3.65. The lowest BCUT2D eigenvalue weighted by molar-refractivity contribution is -0.112. The van der Waals surface area contributed by atoms with Gasteiger partial charge in [0.2, 0.25) is 0 Å². The van der Waals surface area contributed by atoms with E-state index in [1.165, 1.54) is 11.2 Å². The molecule has 6 heteroatoms. The molecule has 4 aromatic rings. The number of rotatable bonds is 2. The topological polar surface area (TPSA) is 50.5 Å². The van der Waals surface area contributed by atoms with Gasteiger partial charge in [0.15, 0.2) is 5.43 Å². The Morgan fingerprint density at radius 1 is 0.833 bits per heavy atom. The molecule has 1 aromatic heterocycles. The molecule has 5 rings (SSSR count). The van der Waals surface area contributed by atoms with Crippen LogP contribution in [0.1, 0.15) is 11.1 Å². The molecule has 3 aromatic carbocycles. The standard InChI is InChI=1S/C24H13Cl2NO3/c25-18-8-5-9-19(26)22(18)27-20-10-3-1-6-15(20)17(24(27)29)12-14-13-30-21-11-4-2-7-16(21)23(14)28/h1-13H/b17-12+. The smallest absolute Gasteiger partial charge is 0.263 e. The molecule has 0 fully saturated rings. The summed E-state index contributed by atoms with van der Waals surface area (Å²) in [4.78, 5) is 27.9. The van der Waals surface area contributed by atoms with Crippen LogP contribution in [0.3, 0.4) is 0 Å². The Morgan fingerprint density at radius 2 is 1.53 bits per heavy atom. The van der Waals surface area contributed by atoms with Gasteiger partial charge in [0.25, 0.3) is 5.91 Å². The van der Waals surface area contributed by atoms with E-state index in [9.17, 15) is 9.59 Å². The molecule has 2 heterocycles. The molecule has 30 heavy (non-hydrogen) atoms. The molecule has 0 saturated heterocycles. The molecule has 0 bridgehead atoms. The van der Waals surface area contributed by atoms with Crippen molar-refractivity contribution in [2.75, 3.05) is 4.90 Å². The van der Waals surface area contributed by atoms with E-state index in [2.05, 4.69) is 0 Å². The predicted molar refractivity (Wildman–Crippen MR) is 120 cm³/mol. The third kappa shape index (κ3) is 2.84. The summed E-state index contributed by atoms with van der Waals surface area (Å²) >= 11 is 12.8. The molecule has 1 aliphatic heterocycles. The van der Waals surface area contributed by atoms with Gasteiger partial charge >= 0.3 is 0 Å². The molecular weight excluding hydrogens is 421 g/mol. The molecule has 0 radical (unpaired) electrons. The molecule has 146 valence electrons. The molecule has 0 spiro atoms. The first-order valence-corrected chi connectivity index (χ1v) is 9.92. The number of nitrogens with zero attached hydrogens (tertiary/aromatic N) is 1. The monoisotopic (exact) mass is 433 g/mol. The maximum atomic E-state index is 13.5. The Kier molecular flexibility index (Phi) is 4.46. The fraction of sp³-hybridized carbons (Fsp3) is 0. The lowest BCUT2D eigenvalue weighted by Crippen LogP contribution is -2.21. The minimum Gasteiger partial charge on any atom is -0.463 e. The highest BCUT2D eigenvalue weighted by Crippen LogP contribution is 2.46. The largest absolute Gasteiger partial charge is 0.463 e. The normalized spacial score (nSPS) is 14.5. The Hall–Kier alpha value is -3.34. The van der Waals surface area contributed by atoms with E-state index in [0.717, 1.165) is 0 Å². The zero-order valence-electron chi connectivity index (χ0n) is 15.4. The number of amides is 1. The van der Waals surface area contributed by atoms with Crippen LogP contribution >= 0.6 is 23.2 Å². The van der Waals surface area contributed by atoms with Gasteiger partial charge < -0.3 is 4.42 Å². The van der Waals surface area contributed by atoms with E-state index in [1.54, 1.807) is 48.5 Å². The van der Waals surface area contributed by atoms with Crippen LogP contribution in [0.4, 0.5) is 11.4 Å². The molecule has 1 amide bonds. The molecule has 0 aliphatic carbocycles. The number of fused-ring (bicyclic) bond motifs is 2. The molecule has 4 nitrogen and oxygen atoms in total. The zero-order valence-corrected chi connectivity index (χ0v) is 16.9. The van der Waals surface area contributed by atoms with Crippen molar-refractivity contribution in [3.63, 3.8) is 0 Å². The minimum atomic E-state index is -0.321. The summed E-state index contributed by atoms with van der Waals surface area (Å²) < 4.78 is 5.60. The van der Waals surface area contributed by atoms with Crippen molar-refractivity contribution in [3.8, 4) is 0 Å². The Morgan fingerprint density at radius 3 is 2.33 bits per heavy atom. The molecule has 0 atom stereocenters. The maximum Gasteiger partial charge on any atom is 0.263 e. The second-order valence-electron chi connectivity index (χ2n) is 6.80. The van der Waals surface area contributed by atoms with Gasteiger partial charge in [0.05, 0.1) is 37.9 Å². The number of benzene rings is 3. The number of carbonyl (C=O) groups excluding carboxylic acids is 1. The molecule has 0 unspecified atom stereocenters. The van der Waals surface area contributed by atoms with Crippen LogP contribution in [-0.4, -0.2) is 5.91 Å². The fourth-order valence-corrected chi connectivity index (χ4v) is 4.22. The Labute approximate surface area is 181 Å².